The normalized spacial score (nSPS) is 12.8. The Hall–Kier alpha value is -2.26. The molecule has 1 atom stereocenters. The summed E-state index contributed by atoms with van der Waals surface area (Å²) in [5.74, 6) is -4.41. The van der Waals surface area contributed by atoms with Crippen molar-refractivity contribution in [3.05, 3.63) is 23.3 Å². The zero-order valence-corrected chi connectivity index (χ0v) is 10.0. The zero-order valence-electron chi connectivity index (χ0n) is 10.0. The fourth-order valence-electron chi connectivity index (χ4n) is 1.21. The minimum absolute atomic E-state index is 0.135. The van der Waals surface area contributed by atoms with Crippen LogP contribution in [0.3, 0.4) is 0 Å². The topological polar surface area (TPSA) is 92.2 Å². The second-order valence-corrected chi connectivity index (χ2v) is 3.73. The summed E-state index contributed by atoms with van der Waals surface area (Å²) in [7, 11) is 0. The van der Waals surface area contributed by atoms with Crippen LogP contribution in [0.2, 0.25) is 0 Å². The van der Waals surface area contributed by atoms with Crippen molar-refractivity contribution < 1.29 is 32.3 Å². The molecule has 0 radical (unpaired) electrons. The lowest BCUT2D eigenvalue weighted by atomic mass is 10.2. The van der Waals surface area contributed by atoms with Gasteiger partial charge in [0.05, 0.1) is 0 Å². The van der Waals surface area contributed by atoms with Gasteiger partial charge in [-0.05, 0) is 13.0 Å². The first-order valence-electron chi connectivity index (χ1n) is 5.17. The minimum atomic E-state index is -4.85. The van der Waals surface area contributed by atoms with Gasteiger partial charge in [-0.25, -0.2) is 19.2 Å². The monoisotopic (exact) mass is 295 g/mol. The Kier molecular flexibility index (Phi) is 4.58. The van der Waals surface area contributed by atoms with Crippen LogP contribution in [0.15, 0.2) is 6.07 Å². The van der Waals surface area contributed by atoms with Crippen molar-refractivity contribution >= 4 is 11.9 Å². The number of nitrogens with one attached hydrogen (secondary N) is 1. The van der Waals surface area contributed by atoms with Gasteiger partial charge < -0.3 is 10.4 Å². The Balaban J connectivity index is 3.05. The van der Waals surface area contributed by atoms with Crippen molar-refractivity contribution in [2.45, 2.75) is 19.1 Å². The van der Waals surface area contributed by atoms with Gasteiger partial charge in [-0.2, -0.15) is 13.2 Å². The molecule has 1 aromatic rings. The minimum Gasteiger partial charge on any atom is -0.480 e. The number of carboxylic acid groups (broad SMARTS) is 1. The van der Waals surface area contributed by atoms with Gasteiger partial charge >= 0.3 is 12.1 Å². The number of alkyl halides is 4. The molecule has 6 nitrogen and oxygen atoms in total. The molecule has 1 amide bonds. The summed E-state index contributed by atoms with van der Waals surface area (Å²) < 4.78 is 49.7. The predicted octanol–water partition coefficient (Wildman–Crippen LogP) is 0.956. The van der Waals surface area contributed by atoms with Crippen LogP contribution in [0.25, 0.3) is 0 Å². The maximum Gasteiger partial charge on any atom is 0.451 e. The molecule has 0 fully saturated rings. The third-order valence-corrected chi connectivity index (χ3v) is 2.10. The molecule has 1 heterocycles. The van der Waals surface area contributed by atoms with Crippen LogP contribution in [0.5, 0.6) is 0 Å². The average molecular weight is 295 g/mol. The molecule has 20 heavy (non-hydrogen) atoms. The number of amides is 1. The van der Waals surface area contributed by atoms with Gasteiger partial charge in [0.25, 0.3) is 5.91 Å². The standard InChI is InChI=1S/C10H9F4N3O3/c1-4-2-5(17-9(15-4)10(12,13)14)7(18)16-6(3-11)8(19)20/h2,6H,3H2,1H3,(H,16,18)(H,19,20). The van der Waals surface area contributed by atoms with E-state index in [1.807, 2.05) is 0 Å². The fraction of sp³-hybridized carbons (Fsp3) is 0.400. The highest BCUT2D eigenvalue weighted by molar-refractivity contribution is 5.95. The third kappa shape index (κ3) is 3.87. The lowest BCUT2D eigenvalue weighted by Crippen LogP contribution is -2.42. The van der Waals surface area contributed by atoms with Gasteiger partial charge in [-0.15, -0.1) is 0 Å². The largest absolute Gasteiger partial charge is 0.480 e. The molecule has 0 aliphatic rings. The van der Waals surface area contributed by atoms with Crippen LogP contribution < -0.4 is 5.32 Å². The molecule has 1 unspecified atom stereocenters. The van der Waals surface area contributed by atoms with Crippen LogP contribution in [0.1, 0.15) is 22.0 Å². The van der Waals surface area contributed by atoms with Crippen LogP contribution in [-0.2, 0) is 11.0 Å². The van der Waals surface area contributed by atoms with E-state index in [0.29, 0.717) is 0 Å². The van der Waals surface area contributed by atoms with Crippen LogP contribution in [-0.4, -0.2) is 39.7 Å². The molecule has 0 aliphatic carbocycles. The highest BCUT2D eigenvalue weighted by Crippen LogP contribution is 2.26. The van der Waals surface area contributed by atoms with Crippen LogP contribution in [0, 0.1) is 6.92 Å². The maximum absolute atomic E-state index is 12.5. The molecular weight excluding hydrogens is 286 g/mol. The Morgan fingerprint density at radius 2 is 2.00 bits per heavy atom. The molecule has 0 bridgehead atoms. The zero-order chi connectivity index (χ0) is 15.5. The molecule has 0 saturated carbocycles. The summed E-state index contributed by atoms with van der Waals surface area (Å²) in [5.41, 5.74) is -0.825. The quantitative estimate of drug-likeness (QED) is 0.807. The van der Waals surface area contributed by atoms with Crippen molar-refractivity contribution in [1.29, 1.82) is 0 Å². The Bertz CT molecular complexity index is 533. The maximum atomic E-state index is 12.5. The highest BCUT2D eigenvalue weighted by atomic mass is 19.4. The van der Waals surface area contributed by atoms with Gasteiger partial charge in [0, 0.05) is 5.69 Å². The number of hydrogen-bond donors (Lipinski definition) is 2. The van der Waals surface area contributed by atoms with Crippen LogP contribution >= 0.6 is 0 Å². The first-order chi connectivity index (χ1) is 9.15. The number of aliphatic carboxylic acids is 1. The molecule has 0 aromatic carbocycles. The number of aromatic nitrogens is 2. The van der Waals surface area contributed by atoms with E-state index in [1.165, 1.54) is 6.92 Å². The first-order valence-corrected chi connectivity index (χ1v) is 5.17. The number of rotatable bonds is 4. The summed E-state index contributed by atoms with van der Waals surface area (Å²) in [6, 6.07) is -0.922. The predicted molar refractivity (Wildman–Crippen MR) is 56.6 cm³/mol. The Morgan fingerprint density at radius 1 is 1.40 bits per heavy atom. The molecule has 0 spiro atoms. The van der Waals surface area contributed by atoms with Crippen molar-refractivity contribution in [3.63, 3.8) is 0 Å². The van der Waals surface area contributed by atoms with Crippen molar-refractivity contribution in [2.24, 2.45) is 0 Å². The summed E-state index contributed by atoms with van der Waals surface area (Å²) in [6.07, 6.45) is -4.85. The fourth-order valence-corrected chi connectivity index (χ4v) is 1.21. The summed E-state index contributed by atoms with van der Waals surface area (Å²) in [6.45, 7) is -0.200. The second kappa shape index (κ2) is 5.80. The second-order valence-electron chi connectivity index (χ2n) is 3.73. The lowest BCUT2D eigenvalue weighted by Gasteiger charge is -2.12. The van der Waals surface area contributed by atoms with Gasteiger partial charge in [-0.1, -0.05) is 0 Å². The number of carbonyl (C=O) groups excluding carboxylic acids is 1. The number of carbonyl (C=O) groups is 2. The van der Waals surface area contributed by atoms with Gasteiger partial charge in [0.2, 0.25) is 5.82 Å². The van der Waals surface area contributed by atoms with E-state index in [2.05, 4.69) is 9.97 Å². The summed E-state index contributed by atoms with van der Waals surface area (Å²) >= 11 is 0. The van der Waals surface area contributed by atoms with E-state index in [9.17, 15) is 27.2 Å². The average Bonchev–Trinajstić information content (AvgIpc) is 2.33. The van der Waals surface area contributed by atoms with E-state index in [4.69, 9.17) is 5.11 Å². The van der Waals surface area contributed by atoms with Gasteiger partial charge in [0.15, 0.2) is 6.04 Å². The van der Waals surface area contributed by atoms with Crippen molar-refractivity contribution in [3.8, 4) is 0 Å². The Morgan fingerprint density at radius 3 is 2.45 bits per heavy atom. The first kappa shape index (κ1) is 15.8. The molecular formula is C10H9F4N3O3. The molecule has 1 rings (SSSR count). The Labute approximate surface area is 109 Å². The summed E-state index contributed by atoms with van der Waals surface area (Å²) in [4.78, 5) is 28.2. The number of nitrogens with zero attached hydrogens (tertiary/aromatic N) is 2. The number of halogens is 4. The summed E-state index contributed by atoms with van der Waals surface area (Å²) in [5, 5.41) is 10.3. The SMILES string of the molecule is Cc1cc(C(=O)NC(CF)C(=O)O)nc(C(F)(F)F)n1. The van der Waals surface area contributed by atoms with Crippen molar-refractivity contribution in [1.82, 2.24) is 15.3 Å². The number of carboxylic acids is 1. The van der Waals surface area contributed by atoms with E-state index < -0.39 is 42.3 Å². The molecule has 0 aliphatic heterocycles. The molecule has 110 valence electrons. The lowest BCUT2D eigenvalue weighted by molar-refractivity contribution is -0.145. The van der Waals surface area contributed by atoms with E-state index >= 15 is 0 Å². The molecule has 10 heteroatoms. The third-order valence-electron chi connectivity index (χ3n) is 2.10. The smallest absolute Gasteiger partial charge is 0.451 e. The van der Waals surface area contributed by atoms with E-state index in [0.717, 1.165) is 6.07 Å². The van der Waals surface area contributed by atoms with E-state index in [1.54, 1.807) is 5.32 Å². The van der Waals surface area contributed by atoms with Crippen LogP contribution in [0.4, 0.5) is 17.6 Å². The molecule has 2 N–H and O–H groups in total. The van der Waals surface area contributed by atoms with E-state index in [-0.39, 0.29) is 5.69 Å². The van der Waals surface area contributed by atoms with Gasteiger partial charge in [0.1, 0.15) is 12.4 Å². The van der Waals surface area contributed by atoms with Crippen molar-refractivity contribution in [2.75, 3.05) is 6.67 Å². The number of hydrogen-bond acceptors (Lipinski definition) is 4. The molecule has 1 aromatic heterocycles. The molecule has 0 saturated heterocycles. The number of aryl methyl sites for hydroxylation is 1. The van der Waals surface area contributed by atoms with Gasteiger partial charge in [-0.3, -0.25) is 4.79 Å². The highest BCUT2D eigenvalue weighted by Gasteiger charge is 2.35.